The fourth-order valence-corrected chi connectivity index (χ4v) is 4.29. The Morgan fingerprint density at radius 1 is 0.939 bits per heavy atom. The first-order valence-electron chi connectivity index (χ1n) is 11.4. The van der Waals surface area contributed by atoms with Crippen LogP contribution in [-0.2, 0) is 11.3 Å². The van der Waals surface area contributed by atoms with Crippen LogP contribution in [0, 0.1) is 0 Å². The number of esters is 1. The number of phenolic OH excluding ortho intramolecular Hbond substituents is 1. The molecule has 3 aromatic carbocycles. The summed E-state index contributed by atoms with van der Waals surface area (Å²) in [4.78, 5) is 19.5. The lowest BCUT2D eigenvalue weighted by Gasteiger charge is -2.37. The zero-order valence-corrected chi connectivity index (χ0v) is 19.1. The lowest BCUT2D eigenvalue weighted by molar-refractivity contribution is 0.0601. The van der Waals surface area contributed by atoms with Crippen molar-refractivity contribution in [3.8, 4) is 5.75 Å². The Balaban J connectivity index is 1.47. The first-order chi connectivity index (χ1) is 16.1. The van der Waals surface area contributed by atoms with Crippen LogP contribution in [-0.4, -0.2) is 62.4 Å². The van der Waals surface area contributed by atoms with E-state index in [1.54, 1.807) is 12.1 Å². The standard InChI is InChI=1S/C27H31N3O3/c1-33-27(32)25-20-24(31)12-13-26(25)30(21-22-8-4-2-5-9-22)19-16-28-14-17-29(18-15-28)23-10-6-3-7-11-23/h2-13,20,31H,14-19,21H2,1H3. The molecule has 0 aromatic heterocycles. The van der Waals surface area contributed by atoms with E-state index >= 15 is 0 Å². The number of nitrogens with zero attached hydrogens (tertiary/aromatic N) is 3. The summed E-state index contributed by atoms with van der Waals surface area (Å²) in [6.07, 6.45) is 0. The summed E-state index contributed by atoms with van der Waals surface area (Å²) < 4.78 is 4.99. The van der Waals surface area contributed by atoms with Crippen molar-refractivity contribution >= 4 is 17.3 Å². The van der Waals surface area contributed by atoms with Gasteiger partial charge >= 0.3 is 5.97 Å². The molecule has 1 N–H and O–H groups in total. The fraction of sp³-hybridized carbons (Fsp3) is 0.296. The van der Waals surface area contributed by atoms with Gasteiger partial charge in [-0.1, -0.05) is 48.5 Å². The molecule has 1 fully saturated rings. The Hall–Kier alpha value is -3.51. The van der Waals surface area contributed by atoms with Crippen LogP contribution < -0.4 is 9.80 Å². The highest BCUT2D eigenvalue weighted by Gasteiger charge is 2.21. The van der Waals surface area contributed by atoms with Crippen LogP contribution in [0.25, 0.3) is 0 Å². The molecule has 1 heterocycles. The summed E-state index contributed by atoms with van der Waals surface area (Å²) in [7, 11) is 1.36. The van der Waals surface area contributed by atoms with E-state index in [2.05, 4.69) is 51.1 Å². The fourth-order valence-electron chi connectivity index (χ4n) is 4.29. The molecule has 3 aromatic rings. The van der Waals surface area contributed by atoms with Gasteiger partial charge in [-0.3, -0.25) is 4.90 Å². The number of carbonyl (C=O) groups excluding carboxylic acids is 1. The highest BCUT2D eigenvalue weighted by Crippen LogP contribution is 2.27. The molecule has 4 rings (SSSR count). The van der Waals surface area contributed by atoms with Crippen LogP contribution in [0.4, 0.5) is 11.4 Å². The maximum Gasteiger partial charge on any atom is 0.340 e. The minimum atomic E-state index is -0.449. The zero-order valence-electron chi connectivity index (χ0n) is 19.1. The lowest BCUT2D eigenvalue weighted by atomic mass is 10.1. The predicted molar refractivity (Wildman–Crippen MR) is 132 cm³/mol. The molecule has 0 amide bonds. The Morgan fingerprint density at radius 2 is 1.61 bits per heavy atom. The van der Waals surface area contributed by atoms with Crippen molar-refractivity contribution in [2.75, 3.05) is 56.2 Å². The third-order valence-electron chi connectivity index (χ3n) is 6.12. The lowest BCUT2D eigenvalue weighted by Crippen LogP contribution is -2.48. The number of hydrogen-bond donors (Lipinski definition) is 1. The predicted octanol–water partition coefficient (Wildman–Crippen LogP) is 4.01. The molecule has 6 heteroatoms. The van der Waals surface area contributed by atoms with E-state index in [0.717, 1.165) is 50.5 Å². The van der Waals surface area contributed by atoms with E-state index in [4.69, 9.17) is 4.74 Å². The molecular formula is C27H31N3O3. The Morgan fingerprint density at radius 3 is 2.27 bits per heavy atom. The number of carbonyl (C=O) groups is 1. The van der Waals surface area contributed by atoms with Crippen molar-refractivity contribution in [1.29, 1.82) is 0 Å². The number of ether oxygens (including phenoxy) is 1. The Kier molecular flexibility index (Phi) is 7.47. The van der Waals surface area contributed by atoms with Gasteiger partial charge in [0.25, 0.3) is 0 Å². The van der Waals surface area contributed by atoms with Crippen LogP contribution in [0.15, 0.2) is 78.9 Å². The van der Waals surface area contributed by atoms with E-state index in [1.165, 1.54) is 18.9 Å². The molecule has 1 saturated heterocycles. The summed E-state index contributed by atoms with van der Waals surface area (Å²) >= 11 is 0. The topological polar surface area (TPSA) is 56.3 Å². The third kappa shape index (κ3) is 5.84. The number of para-hydroxylation sites is 1. The quantitative estimate of drug-likeness (QED) is 0.529. The van der Waals surface area contributed by atoms with Gasteiger partial charge in [0.2, 0.25) is 0 Å². The first-order valence-corrected chi connectivity index (χ1v) is 11.4. The van der Waals surface area contributed by atoms with E-state index in [1.807, 2.05) is 24.3 Å². The smallest absolute Gasteiger partial charge is 0.340 e. The largest absolute Gasteiger partial charge is 0.508 e. The second-order valence-corrected chi connectivity index (χ2v) is 8.26. The van der Waals surface area contributed by atoms with Crippen LogP contribution >= 0.6 is 0 Å². The SMILES string of the molecule is COC(=O)c1cc(O)ccc1N(CCN1CCN(c2ccccc2)CC1)Cc1ccccc1. The van der Waals surface area contributed by atoms with Gasteiger partial charge in [-0.15, -0.1) is 0 Å². The molecule has 1 aliphatic heterocycles. The average molecular weight is 446 g/mol. The summed E-state index contributed by atoms with van der Waals surface area (Å²) in [6.45, 7) is 6.29. The molecule has 0 atom stereocenters. The van der Waals surface area contributed by atoms with Gasteiger partial charge in [0.15, 0.2) is 0 Å². The van der Waals surface area contributed by atoms with Crippen LogP contribution in [0.3, 0.4) is 0 Å². The number of methoxy groups -OCH3 is 1. The van der Waals surface area contributed by atoms with E-state index in [9.17, 15) is 9.90 Å². The van der Waals surface area contributed by atoms with Gasteiger partial charge in [-0.2, -0.15) is 0 Å². The van der Waals surface area contributed by atoms with Crippen molar-refractivity contribution < 1.29 is 14.6 Å². The molecule has 6 nitrogen and oxygen atoms in total. The minimum absolute atomic E-state index is 0.0517. The van der Waals surface area contributed by atoms with E-state index in [-0.39, 0.29) is 5.75 Å². The molecule has 0 bridgehead atoms. The van der Waals surface area contributed by atoms with Crippen LogP contribution in [0.5, 0.6) is 5.75 Å². The molecule has 0 unspecified atom stereocenters. The summed E-state index contributed by atoms with van der Waals surface area (Å²) in [5.41, 5.74) is 3.58. The zero-order chi connectivity index (χ0) is 23.0. The minimum Gasteiger partial charge on any atom is -0.508 e. The van der Waals surface area contributed by atoms with E-state index < -0.39 is 5.97 Å². The summed E-state index contributed by atoms with van der Waals surface area (Å²) in [5, 5.41) is 9.97. The monoisotopic (exact) mass is 445 g/mol. The third-order valence-corrected chi connectivity index (χ3v) is 6.12. The van der Waals surface area contributed by atoms with Crippen LogP contribution in [0.1, 0.15) is 15.9 Å². The molecule has 0 spiro atoms. The molecule has 0 aliphatic carbocycles. The second kappa shape index (κ2) is 10.9. The normalized spacial score (nSPS) is 14.2. The van der Waals surface area contributed by atoms with Crippen molar-refractivity contribution in [1.82, 2.24) is 4.90 Å². The van der Waals surface area contributed by atoms with Crippen molar-refractivity contribution in [3.05, 3.63) is 90.0 Å². The summed E-state index contributed by atoms with van der Waals surface area (Å²) in [5.74, 6) is -0.397. The number of piperazine rings is 1. The number of hydrogen-bond acceptors (Lipinski definition) is 6. The van der Waals surface area contributed by atoms with Crippen molar-refractivity contribution in [2.24, 2.45) is 0 Å². The number of anilines is 2. The highest BCUT2D eigenvalue weighted by molar-refractivity contribution is 5.96. The van der Waals surface area contributed by atoms with Gasteiger partial charge in [-0.05, 0) is 35.9 Å². The maximum atomic E-state index is 12.4. The Labute approximate surface area is 195 Å². The van der Waals surface area contributed by atoms with Gasteiger partial charge in [-0.25, -0.2) is 4.79 Å². The number of phenols is 1. The molecule has 33 heavy (non-hydrogen) atoms. The van der Waals surface area contributed by atoms with Gasteiger partial charge in [0, 0.05) is 51.5 Å². The molecule has 172 valence electrons. The maximum absolute atomic E-state index is 12.4. The Bertz CT molecular complexity index is 1030. The second-order valence-electron chi connectivity index (χ2n) is 8.26. The van der Waals surface area contributed by atoms with Crippen LogP contribution in [0.2, 0.25) is 0 Å². The van der Waals surface area contributed by atoms with Crippen molar-refractivity contribution in [2.45, 2.75) is 6.54 Å². The molecule has 1 aliphatic rings. The summed E-state index contributed by atoms with van der Waals surface area (Å²) in [6, 6.07) is 25.7. The molecule has 0 radical (unpaired) electrons. The highest BCUT2D eigenvalue weighted by atomic mass is 16.5. The van der Waals surface area contributed by atoms with Crippen molar-refractivity contribution in [3.63, 3.8) is 0 Å². The van der Waals surface area contributed by atoms with Gasteiger partial charge < -0.3 is 19.6 Å². The van der Waals surface area contributed by atoms with E-state index in [0.29, 0.717) is 12.1 Å². The number of benzene rings is 3. The average Bonchev–Trinajstić information content (AvgIpc) is 2.87. The molecular weight excluding hydrogens is 414 g/mol. The van der Waals surface area contributed by atoms with Gasteiger partial charge in [0.1, 0.15) is 5.75 Å². The first kappa shape index (κ1) is 22.7. The van der Waals surface area contributed by atoms with Gasteiger partial charge in [0.05, 0.1) is 18.4 Å². The number of aromatic hydroxyl groups is 1. The number of rotatable bonds is 8. The molecule has 0 saturated carbocycles.